The standard InChI is InChI=1S/C40H53N4O6P/c1-29(2)44(30(3)4)51(50-28-12-25-41)37(45)16-10-26-42-38(46)36-15-11-27-43(36)39(47)40(31-13-8-7-9-14-31,32-17-21-34(48-5)22-18-32)33-19-23-35(49-6)24-20-33/h7-9,13-14,17-24,29-30,36-37,45H,10-12,15-16,26-28H2,1-6H3,(H,42,46)/t36-,37?,51?/m0/s1. The number of carbonyl (C=O) groups excluding carboxylic acids is 2. The maximum absolute atomic E-state index is 15.3. The van der Waals surface area contributed by atoms with E-state index in [0.717, 1.165) is 16.7 Å². The van der Waals surface area contributed by atoms with Crippen molar-refractivity contribution in [3.05, 3.63) is 95.6 Å². The van der Waals surface area contributed by atoms with Gasteiger partial charge in [0, 0.05) is 25.2 Å². The number of aliphatic hydroxyl groups excluding tert-OH is 1. The van der Waals surface area contributed by atoms with Crippen molar-refractivity contribution in [3.8, 4) is 17.6 Å². The molecule has 2 N–H and O–H groups in total. The molecule has 3 aromatic rings. The molecule has 2 unspecified atom stereocenters. The van der Waals surface area contributed by atoms with E-state index < -0.39 is 25.6 Å². The first-order valence-corrected chi connectivity index (χ1v) is 19.1. The SMILES string of the molecule is COc1ccc(C(C(=O)N2CCC[C@H]2C(=O)NCCCC(O)P(OCCC#N)N(C(C)C)C(C)C)(c2ccccc2)c2ccc(OC)cc2)cc1. The van der Waals surface area contributed by atoms with E-state index in [1.165, 1.54) is 0 Å². The summed E-state index contributed by atoms with van der Waals surface area (Å²) in [5.74, 6) is 0.216. The smallest absolute Gasteiger partial charge is 0.242 e. The summed E-state index contributed by atoms with van der Waals surface area (Å²) in [6.07, 6.45) is 2.46. The lowest BCUT2D eigenvalue weighted by molar-refractivity contribution is -0.140. The predicted molar refractivity (Wildman–Crippen MR) is 201 cm³/mol. The van der Waals surface area contributed by atoms with Crippen molar-refractivity contribution in [1.82, 2.24) is 14.9 Å². The van der Waals surface area contributed by atoms with Gasteiger partial charge in [-0.05, 0) is 94.3 Å². The van der Waals surface area contributed by atoms with Crippen LogP contribution in [0.1, 0.15) is 76.5 Å². The molecule has 0 aliphatic carbocycles. The minimum absolute atomic E-state index is 0.150. The maximum atomic E-state index is 15.3. The van der Waals surface area contributed by atoms with Crippen LogP contribution in [0.25, 0.3) is 0 Å². The minimum atomic E-state index is -1.36. The lowest BCUT2D eigenvalue weighted by Gasteiger charge is -2.39. The molecule has 11 heteroatoms. The molecule has 2 amide bonds. The number of benzene rings is 3. The van der Waals surface area contributed by atoms with Gasteiger partial charge < -0.3 is 29.3 Å². The third-order valence-corrected chi connectivity index (χ3v) is 11.9. The lowest BCUT2D eigenvalue weighted by Crippen LogP contribution is -2.54. The van der Waals surface area contributed by atoms with E-state index in [2.05, 4.69) is 43.8 Å². The molecule has 1 aliphatic rings. The average Bonchev–Trinajstić information content (AvgIpc) is 3.64. The fraction of sp³-hybridized carbons (Fsp3) is 0.475. The number of amides is 2. The number of ether oxygens (including phenoxy) is 2. The van der Waals surface area contributed by atoms with Crippen LogP contribution < -0.4 is 14.8 Å². The van der Waals surface area contributed by atoms with Crippen molar-refractivity contribution < 1.29 is 28.7 Å². The molecular formula is C40H53N4O6P. The number of aliphatic hydroxyl groups is 1. The van der Waals surface area contributed by atoms with E-state index in [9.17, 15) is 9.90 Å². The molecule has 1 aliphatic heterocycles. The highest BCUT2D eigenvalue weighted by Crippen LogP contribution is 2.50. The van der Waals surface area contributed by atoms with Crippen LogP contribution in [0, 0.1) is 11.3 Å². The largest absolute Gasteiger partial charge is 0.497 e. The van der Waals surface area contributed by atoms with Crippen LogP contribution in [0.15, 0.2) is 78.9 Å². The Kier molecular flexibility index (Phi) is 14.8. The molecule has 0 saturated carbocycles. The van der Waals surface area contributed by atoms with Crippen LogP contribution in [0.2, 0.25) is 0 Å². The van der Waals surface area contributed by atoms with Gasteiger partial charge in [0.25, 0.3) is 0 Å². The third-order valence-electron chi connectivity index (χ3n) is 9.31. The molecule has 4 rings (SSSR count). The highest BCUT2D eigenvalue weighted by Gasteiger charge is 2.49. The van der Waals surface area contributed by atoms with Crippen molar-refractivity contribution in [1.29, 1.82) is 5.26 Å². The molecule has 1 fully saturated rings. The summed E-state index contributed by atoms with van der Waals surface area (Å²) >= 11 is 0. The molecule has 0 aromatic heterocycles. The molecule has 0 spiro atoms. The van der Waals surface area contributed by atoms with Crippen molar-refractivity contribution in [3.63, 3.8) is 0 Å². The molecule has 3 atom stereocenters. The maximum Gasteiger partial charge on any atom is 0.242 e. The van der Waals surface area contributed by atoms with Crippen LogP contribution in [-0.2, 0) is 19.5 Å². The molecule has 274 valence electrons. The third kappa shape index (κ3) is 9.27. The van der Waals surface area contributed by atoms with Gasteiger partial charge in [0.2, 0.25) is 11.8 Å². The Labute approximate surface area is 304 Å². The van der Waals surface area contributed by atoms with Crippen molar-refractivity contribution in [2.75, 3.05) is 33.9 Å². The summed E-state index contributed by atoms with van der Waals surface area (Å²) in [5.41, 5.74) is 1.05. The summed E-state index contributed by atoms with van der Waals surface area (Å²) in [7, 11) is 1.86. The topological polar surface area (TPSA) is 124 Å². The molecule has 3 aromatic carbocycles. The fourth-order valence-electron chi connectivity index (χ4n) is 7.01. The summed E-state index contributed by atoms with van der Waals surface area (Å²) in [6.45, 7) is 9.33. The summed E-state index contributed by atoms with van der Waals surface area (Å²) in [5, 5.41) is 23.3. The molecule has 0 bridgehead atoms. The molecule has 1 heterocycles. The number of nitrogens with one attached hydrogen (secondary N) is 1. The quantitative estimate of drug-likeness (QED) is 0.0857. The van der Waals surface area contributed by atoms with Gasteiger partial charge in [-0.1, -0.05) is 54.6 Å². The first-order valence-electron chi connectivity index (χ1n) is 17.8. The Morgan fingerprint density at radius 2 is 1.49 bits per heavy atom. The normalized spacial score (nSPS) is 15.9. The van der Waals surface area contributed by atoms with Crippen LogP contribution in [-0.4, -0.2) is 84.4 Å². The van der Waals surface area contributed by atoms with Crippen LogP contribution >= 0.6 is 8.30 Å². The van der Waals surface area contributed by atoms with E-state index >= 15 is 4.79 Å². The van der Waals surface area contributed by atoms with Crippen LogP contribution in [0.5, 0.6) is 11.5 Å². The number of nitrogens with zero attached hydrogens (tertiary/aromatic N) is 3. The first-order chi connectivity index (χ1) is 24.6. The Hall–Kier alpha value is -4.00. The molecular weight excluding hydrogens is 663 g/mol. The van der Waals surface area contributed by atoms with Gasteiger partial charge in [-0.3, -0.25) is 14.3 Å². The number of rotatable bonds is 18. The van der Waals surface area contributed by atoms with Gasteiger partial charge in [-0.25, -0.2) is 0 Å². The van der Waals surface area contributed by atoms with E-state index in [0.29, 0.717) is 50.3 Å². The number of methoxy groups -OCH3 is 2. The Bertz CT molecular complexity index is 1520. The zero-order chi connectivity index (χ0) is 37.0. The summed E-state index contributed by atoms with van der Waals surface area (Å²) < 4.78 is 19.2. The van der Waals surface area contributed by atoms with Gasteiger partial charge in [0.05, 0.1) is 33.3 Å². The molecule has 10 nitrogen and oxygen atoms in total. The first kappa shape index (κ1) is 39.8. The summed E-state index contributed by atoms with van der Waals surface area (Å²) in [6, 6.07) is 26.6. The number of hydrogen-bond donors (Lipinski definition) is 2. The number of nitriles is 1. The van der Waals surface area contributed by atoms with E-state index in [1.807, 2.05) is 78.9 Å². The van der Waals surface area contributed by atoms with Crippen molar-refractivity contribution >= 4 is 20.1 Å². The Morgan fingerprint density at radius 1 is 0.941 bits per heavy atom. The highest BCUT2D eigenvalue weighted by atomic mass is 31.2. The van der Waals surface area contributed by atoms with Crippen LogP contribution in [0.3, 0.4) is 0 Å². The van der Waals surface area contributed by atoms with Gasteiger partial charge in [0.15, 0.2) is 0 Å². The zero-order valence-electron chi connectivity index (χ0n) is 30.7. The second kappa shape index (κ2) is 19.0. The average molecular weight is 717 g/mol. The zero-order valence-corrected chi connectivity index (χ0v) is 31.6. The van der Waals surface area contributed by atoms with Gasteiger partial charge in [-0.2, -0.15) is 5.26 Å². The second-order valence-corrected chi connectivity index (χ2v) is 15.2. The van der Waals surface area contributed by atoms with Gasteiger partial charge in [-0.15, -0.1) is 0 Å². The van der Waals surface area contributed by atoms with E-state index in [1.54, 1.807) is 19.1 Å². The second-order valence-electron chi connectivity index (χ2n) is 13.3. The van der Waals surface area contributed by atoms with Crippen LogP contribution in [0.4, 0.5) is 0 Å². The number of likely N-dealkylation sites (tertiary alicyclic amines) is 1. The van der Waals surface area contributed by atoms with Gasteiger partial charge in [0.1, 0.15) is 37.1 Å². The van der Waals surface area contributed by atoms with E-state index in [4.69, 9.17) is 19.3 Å². The summed E-state index contributed by atoms with van der Waals surface area (Å²) in [4.78, 5) is 30.9. The van der Waals surface area contributed by atoms with Crippen molar-refractivity contribution in [2.45, 2.75) is 89.2 Å². The Balaban J connectivity index is 1.58. The van der Waals surface area contributed by atoms with E-state index in [-0.39, 0.29) is 36.9 Å². The highest BCUT2D eigenvalue weighted by molar-refractivity contribution is 7.50. The molecule has 51 heavy (non-hydrogen) atoms. The van der Waals surface area contributed by atoms with Gasteiger partial charge >= 0.3 is 0 Å². The lowest BCUT2D eigenvalue weighted by atomic mass is 9.68. The monoisotopic (exact) mass is 716 g/mol. The number of hydrogen-bond acceptors (Lipinski definition) is 8. The molecule has 1 saturated heterocycles. The van der Waals surface area contributed by atoms with Crippen molar-refractivity contribution in [2.24, 2.45) is 0 Å². The molecule has 0 radical (unpaired) electrons. The predicted octanol–water partition coefficient (Wildman–Crippen LogP) is 6.60. The fourth-order valence-corrected chi connectivity index (χ4v) is 9.21. The number of carbonyl (C=O) groups is 2. The minimum Gasteiger partial charge on any atom is -0.497 e. The Morgan fingerprint density at radius 3 is 2.00 bits per heavy atom.